The number of nitrogens with zero attached hydrogens (tertiary/aromatic N) is 1. The second-order valence-corrected chi connectivity index (χ2v) is 6.26. The number of carboxylic acids is 1. The van der Waals surface area contributed by atoms with Gasteiger partial charge < -0.3 is 10.2 Å². The van der Waals surface area contributed by atoms with Gasteiger partial charge in [-0.3, -0.25) is 15.0 Å². The minimum Gasteiger partial charge on any atom is -0.478 e. The number of anilines is 1. The highest BCUT2D eigenvalue weighted by atomic mass is 16.4. The average Bonchev–Trinajstić information content (AvgIpc) is 2.56. The summed E-state index contributed by atoms with van der Waals surface area (Å²) in [4.78, 5) is 35.6. The first-order valence-corrected chi connectivity index (χ1v) is 7.94. The van der Waals surface area contributed by atoms with Crippen LogP contribution < -0.4 is 10.4 Å². The van der Waals surface area contributed by atoms with Crippen LogP contribution in [0, 0.1) is 11.8 Å². The van der Waals surface area contributed by atoms with E-state index in [1.54, 1.807) is 58.0 Å². The Labute approximate surface area is 146 Å². The van der Waals surface area contributed by atoms with E-state index in [4.69, 9.17) is 5.11 Å². The molecule has 0 atom stereocenters. The molecule has 136 valence electrons. The highest BCUT2D eigenvalue weighted by Crippen LogP contribution is 2.27. The third kappa shape index (κ3) is 4.90. The Morgan fingerprint density at radius 3 is 2.00 bits per heavy atom. The molecule has 0 aromatic heterocycles. The fourth-order valence-electron chi connectivity index (χ4n) is 2.42. The zero-order valence-corrected chi connectivity index (χ0v) is 14.8. The molecular weight excluding hydrogens is 324 g/mol. The first-order valence-electron chi connectivity index (χ1n) is 7.94. The van der Waals surface area contributed by atoms with Gasteiger partial charge in [0.25, 0.3) is 11.8 Å². The van der Waals surface area contributed by atoms with Crippen molar-refractivity contribution in [3.8, 4) is 0 Å². The number of rotatable bonds is 6. The number of carboxylic acid groups (broad SMARTS) is 1. The summed E-state index contributed by atoms with van der Waals surface area (Å²) in [5, 5.41) is 20.4. The Bertz CT molecular complexity index is 645. The van der Waals surface area contributed by atoms with Crippen molar-refractivity contribution < 1.29 is 24.6 Å². The second-order valence-electron chi connectivity index (χ2n) is 6.26. The molecule has 0 fully saturated rings. The van der Waals surface area contributed by atoms with E-state index in [1.165, 1.54) is 0 Å². The van der Waals surface area contributed by atoms with Crippen LogP contribution in [0.4, 0.5) is 5.69 Å². The lowest BCUT2D eigenvalue weighted by Gasteiger charge is -2.36. The van der Waals surface area contributed by atoms with E-state index in [-0.39, 0.29) is 0 Å². The van der Waals surface area contributed by atoms with Gasteiger partial charge >= 0.3 is 5.97 Å². The highest BCUT2D eigenvalue weighted by molar-refractivity contribution is 6.06. The molecule has 0 saturated carbocycles. The van der Waals surface area contributed by atoms with Gasteiger partial charge in [-0.05, 0) is 24.0 Å². The van der Waals surface area contributed by atoms with Gasteiger partial charge in [-0.1, -0.05) is 45.9 Å². The van der Waals surface area contributed by atoms with Crippen LogP contribution in [0.1, 0.15) is 27.7 Å². The number of carbonyl (C=O) groups excluding carboxylic acids is 2. The van der Waals surface area contributed by atoms with Crippen molar-refractivity contribution in [1.29, 1.82) is 0 Å². The Morgan fingerprint density at radius 2 is 1.56 bits per heavy atom. The van der Waals surface area contributed by atoms with Crippen LogP contribution in [0.3, 0.4) is 0 Å². The Balaban J connectivity index is 3.19. The van der Waals surface area contributed by atoms with Gasteiger partial charge in [0.15, 0.2) is 0 Å². The van der Waals surface area contributed by atoms with Crippen molar-refractivity contribution >= 4 is 23.5 Å². The highest BCUT2D eigenvalue weighted by Gasteiger charge is 2.43. The van der Waals surface area contributed by atoms with Crippen molar-refractivity contribution in [3.05, 3.63) is 42.5 Å². The molecule has 1 aromatic rings. The molecule has 7 heteroatoms. The molecule has 0 aliphatic rings. The molecule has 1 rings (SSSR count). The monoisotopic (exact) mass is 348 g/mol. The SMILES string of the molecule is CC(C)C(O)(C(=O)NN(C(=O)/C=C\C(=O)O)c1ccccc1)C(C)C. The summed E-state index contributed by atoms with van der Waals surface area (Å²) in [6.45, 7) is 6.83. The maximum Gasteiger partial charge on any atom is 0.328 e. The number of hydrazine groups is 1. The fraction of sp³-hybridized carbons (Fsp3) is 0.389. The number of carbonyl (C=O) groups is 3. The standard InChI is InChI=1S/C18H24N2O5/c1-12(2)18(25,13(3)4)17(24)19-20(14-8-6-5-7-9-14)15(21)10-11-16(22)23/h5-13,25H,1-4H3,(H,19,24)(H,22,23)/b11-10-. The lowest BCUT2D eigenvalue weighted by molar-refractivity contribution is -0.151. The molecule has 0 bridgehead atoms. The summed E-state index contributed by atoms with van der Waals surface area (Å²) in [5.41, 5.74) is 1.06. The molecule has 0 spiro atoms. The zero-order valence-electron chi connectivity index (χ0n) is 14.8. The van der Waals surface area contributed by atoms with E-state index in [0.717, 1.165) is 11.1 Å². The van der Waals surface area contributed by atoms with E-state index in [2.05, 4.69) is 5.43 Å². The fourth-order valence-corrected chi connectivity index (χ4v) is 2.42. The molecule has 25 heavy (non-hydrogen) atoms. The van der Waals surface area contributed by atoms with Gasteiger partial charge in [0.05, 0.1) is 5.69 Å². The van der Waals surface area contributed by atoms with E-state index in [1.807, 2.05) is 0 Å². The Kier molecular flexibility index (Phi) is 6.87. The summed E-state index contributed by atoms with van der Waals surface area (Å²) < 4.78 is 0. The van der Waals surface area contributed by atoms with Crippen molar-refractivity contribution in [2.75, 3.05) is 5.01 Å². The van der Waals surface area contributed by atoms with Gasteiger partial charge in [-0.15, -0.1) is 0 Å². The molecule has 2 amide bonds. The lowest BCUT2D eigenvalue weighted by atomic mass is 9.80. The Hall–Kier alpha value is -2.67. The zero-order chi connectivity index (χ0) is 19.2. The van der Waals surface area contributed by atoms with E-state index in [9.17, 15) is 19.5 Å². The lowest BCUT2D eigenvalue weighted by Crippen LogP contribution is -2.59. The second kappa shape index (κ2) is 8.43. The molecular formula is C18H24N2O5. The smallest absolute Gasteiger partial charge is 0.328 e. The van der Waals surface area contributed by atoms with Crippen LogP contribution in [0.2, 0.25) is 0 Å². The molecule has 0 aliphatic heterocycles. The van der Waals surface area contributed by atoms with Gasteiger partial charge in [0, 0.05) is 12.2 Å². The topological polar surface area (TPSA) is 107 Å². The van der Waals surface area contributed by atoms with Crippen LogP contribution in [0.25, 0.3) is 0 Å². The molecule has 7 nitrogen and oxygen atoms in total. The van der Waals surface area contributed by atoms with E-state index >= 15 is 0 Å². The molecule has 0 heterocycles. The van der Waals surface area contributed by atoms with E-state index in [0.29, 0.717) is 11.8 Å². The van der Waals surface area contributed by atoms with Crippen LogP contribution in [0.5, 0.6) is 0 Å². The number of hydrogen-bond acceptors (Lipinski definition) is 4. The van der Waals surface area contributed by atoms with Crippen molar-refractivity contribution in [3.63, 3.8) is 0 Å². The number of aliphatic hydroxyl groups is 1. The normalized spacial score (nSPS) is 11.8. The third-order valence-electron chi connectivity index (χ3n) is 3.94. The summed E-state index contributed by atoms with van der Waals surface area (Å²) in [5.74, 6) is -3.56. The summed E-state index contributed by atoms with van der Waals surface area (Å²) in [6.07, 6.45) is 1.51. The Morgan fingerprint density at radius 1 is 1.04 bits per heavy atom. The number of benzene rings is 1. The molecule has 1 aromatic carbocycles. The van der Waals surface area contributed by atoms with Crippen LogP contribution >= 0.6 is 0 Å². The largest absolute Gasteiger partial charge is 0.478 e. The number of hydrogen-bond donors (Lipinski definition) is 3. The minimum atomic E-state index is -1.69. The van der Waals surface area contributed by atoms with Crippen molar-refractivity contribution in [2.45, 2.75) is 33.3 Å². The predicted octanol–water partition coefficient (Wildman–Crippen LogP) is 1.73. The summed E-state index contributed by atoms with van der Waals surface area (Å²) >= 11 is 0. The molecule has 0 aliphatic carbocycles. The first-order chi connectivity index (χ1) is 11.6. The van der Waals surface area contributed by atoms with Crippen LogP contribution in [-0.4, -0.2) is 33.6 Å². The summed E-state index contributed by atoms with van der Waals surface area (Å²) in [7, 11) is 0. The molecule has 0 saturated heterocycles. The minimum absolute atomic E-state index is 0.339. The summed E-state index contributed by atoms with van der Waals surface area (Å²) in [6, 6.07) is 8.23. The van der Waals surface area contributed by atoms with Crippen LogP contribution in [-0.2, 0) is 14.4 Å². The van der Waals surface area contributed by atoms with Crippen molar-refractivity contribution in [2.24, 2.45) is 11.8 Å². The predicted molar refractivity (Wildman–Crippen MR) is 93.5 cm³/mol. The molecule has 0 radical (unpaired) electrons. The van der Waals surface area contributed by atoms with Gasteiger partial charge in [-0.2, -0.15) is 0 Å². The number of para-hydroxylation sites is 1. The quantitative estimate of drug-likeness (QED) is 0.536. The number of amides is 2. The molecule has 0 unspecified atom stereocenters. The van der Waals surface area contributed by atoms with Gasteiger partial charge in [0.2, 0.25) is 0 Å². The first kappa shape index (κ1) is 20.4. The number of aliphatic carboxylic acids is 1. The van der Waals surface area contributed by atoms with Crippen molar-refractivity contribution in [1.82, 2.24) is 5.43 Å². The van der Waals surface area contributed by atoms with E-state index < -0.39 is 35.2 Å². The average molecular weight is 348 g/mol. The maximum absolute atomic E-state index is 12.7. The molecule has 3 N–H and O–H groups in total. The number of nitrogens with one attached hydrogen (secondary N) is 1. The van der Waals surface area contributed by atoms with Gasteiger partial charge in [-0.25, -0.2) is 9.80 Å². The van der Waals surface area contributed by atoms with Gasteiger partial charge in [0.1, 0.15) is 5.60 Å². The third-order valence-corrected chi connectivity index (χ3v) is 3.94. The maximum atomic E-state index is 12.7. The van der Waals surface area contributed by atoms with Crippen LogP contribution in [0.15, 0.2) is 42.5 Å².